The van der Waals surface area contributed by atoms with Gasteiger partial charge in [-0.1, -0.05) is 30.5 Å². The number of hydrogen-bond donors (Lipinski definition) is 2. The molecule has 3 amide bonds. The Labute approximate surface area is 160 Å². The molecule has 2 aromatic heterocycles. The SMILES string of the molecule is O=C(COC(=O)/C=C/c1c(Cl)nc2ccccn12)NC(=O)NC1CCCC1. The first kappa shape index (κ1) is 18.9. The van der Waals surface area contributed by atoms with Crippen LogP contribution < -0.4 is 10.6 Å². The van der Waals surface area contributed by atoms with Gasteiger partial charge in [-0.25, -0.2) is 14.6 Å². The van der Waals surface area contributed by atoms with E-state index in [1.807, 2.05) is 12.1 Å². The lowest BCUT2D eigenvalue weighted by molar-refractivity contribution is -0.143. The van der Waals surface area contributed by atoms with E-state index in [-0.39, 0.29) is 11.2 Å². The Morgan fingerprint density at radius 1 is 1.30 bits per heavy atom. The summed E-state index contributed by atoms with van der Waals surface area (Å²) in [5.74, 6) is -1.43. The third-order valence-electron chi connectivity index (χ3n) is 4.19. The molecule has 0 aromatic carbocycles. The number of carbonyl (C=O) groups is 3. The number of fused-ring (bicyclic) bond motifs is 1. The number of nitrogens with one attached hydrogen (secondary N) is 2. The molecule has 2 heterocycles. The average Bonchev–Trinajstić information content (AvgIpc) is 3.25. The largest absolute Gasteiger partial charge is 0.452 e. The summed E-state index contributed by atoms with van der Waals surface area (Å²) in [5, 5.41) is 5.10. The number of imidazole rings is 1. The maximum absolute atomic E-state index is 11.8. The van der Waals surface area contributed by atoms with Crippen molar-refractivity contribution in [3.63, 3.8) is 0 Å². The Balaban J connectivity index is 1.47. The van der Waals surface area contributed by atoms with Crippen LogP contribution in [0.15, 0.2) is 30.5 Å². The van der Waals surface area contributed by atoms with Crippen molar-refractivity contribution in [1.82, 2.24) is 20.0 Å². The number of pyridine rings is 1. The first-order valence-corrected chi connectivity index (χ1v) is 8.98. The van der Waals surface area contributed by atoms with E-state index in [9.17, 15) is 14.4 Å². The van der Waals surface area contributed by atoms with Crippen molar-refractivity contribution in [3.05, 3.63) is 41.3 Å². The van der Waals surface area contributed by atoms with E-state index < -0.39 is 24.5 Å². The smallest absolute Gasteiger partial charge is 0.331 e. The van der Waals surface area contributed by atoms with Crippen molar-refractivity contribution in [3.8, 4) is 0 Å². The van der Waals surface area contributed by atoms with E-state index in [1.165, 1.54) is 6.08 Å². The summed E-state index contributed by atoms with van der Waals surface area (Å²) in [6.07, 6.45) is 8.32. The molecule has 0 aliphatic heterocycles. The topological polar surface area (TPSA) is 102 Å². The van der Waals surface area contributed by atoms with Crippen molar-refractivity contribution < 1.29 is 19.1 Å². The molecule has 0 radical (unpaired) electrons. The molecule has 1 fully saturated rings. The van der Waals surface area contributed by atoms with Gasteiger partial charge in [0.2, 0.25) is 0 Å². The number of ether oxygens (including phenoxy) is 1. The quantitative estimate of drug-likeness (QED) is 0.602. The van der Waals surface area contributed by atoms with Crippen LogP contribution in [0.2, 0.25) is 5.15 Å². The Bertz CT molecular complexity index is 887. The van der Waals surface area contributed by atoms with Crippen molar-refractivity contribution >= 4 is 41.2 Å². The number of hydrogen-bond acceptors (Lipinski definition) is 5. The molecule has 0 saturated heterocycles. The van der Waals surface area contributed by atoms with Gasteiger partial charge >= 0.3 is 12.0 Å². The highest BCUT2D eigenvalue weighted by Crippen LogP contribution is 2.19. The molecule has 1 saturated carbocycles. The molecule has 8 nitrogen and oxygen atoms in total. The standard InChI is InChI=1S/C18H19ClN4O4/c19-17-13(23-10-4-3-7-14(23)21-17)8-9-16(25)27-11-15(24)22-18(26)20-12-5-1-2-6-12/h3-4,7-10,12H,1-2,5-6,11H2,(H2,20,22,24,26)/b9-8+. The van der Waals surface area contributed by atoms with E-state index >= 15 is 0 Å². The summed E-state index contributed by atoms with van der Waals surface area (Å²) in [5.41, 5.74) is 1.16. The third-order valence-corrected chi connectivity index (χ3v) is 4.47. The summed E-state index contributed by atoms with van der Waals surface area (Å²) in [6, 6.07) is 4.93. The molecular weight excluding hydrogens is 372 g/mol. The molecule has 2 N–H and O–H groups in total. The first-order chi connectivity index (χ1) is 13.0. The highest BCUT2D eigenvalue weighted by Gasteiger charge is 2.18. The van der Waals surface area contributed by atoms with Crippen LogP contribution in [0.1, 0.15) is 31.4 Å². The zero-order valence-electron chi connectivity index (χ0n) is 14.5. The number of nitrogens with zero attached hydrogens (tertiary/aromatic N) is 2. The van der Waals surface area contributed by atoms with Gasteiger partial charge in [-0.05, 0) is 31.1 Å². The molecular formula is C18H19ClN4O4. The Morgan fingerprint density at radius 3 is 2.85 bits per heavy atom. The summed E-state index contributed by atoms with van der Waals surface area (Å²) in [7, 11) is 0. The van der Waals surface area contributed by atoms with Gasteiger partial charge in [0, 0.05) is 18.3 Å². The Hall–Kier alpha value is -2.87. The zero-order valence-corrected chi connectivity index (χ0v) is 15.2. The highest BCUT2D eigenvalue weighted by molar-refractivity contribution is 6.31. The molecule has 27 heavy (non-hydrogen) atoms. The first-order valence-electron chi connectivity index (χ1n) is 8.60. The van der Waals surface area contributed by atoms with Gasteiger partial charge < -0.3 is 10.1 Å². The minimum absolute atomic E-state index is 0.0958. The normalized spacial score (nSPS) is 14.6. The van der Waals surface area contributed by atoms with Gasteiger partial charge in [0.25, 0.3) is 5.91 Å². The lowest BCUT2D eigenvalue weighted by atomic mass is 10.2. The molecule has 2 aromatic rings. The van der Waals surface area contributed by atoms with Crippen LogP contribution in [-0.4, -0.2) is 39.9 Å². The molecule has 142 valence electrons. The second kappa shape index (κ2) is 8.68. The molecule has 1 aliphatic rings. The number of imide groups is 1. The average molecular weight is 391 g/mol. The highest BCUT2D eigenvalue weighted by atomic mass is 35.5. The van der Waals surface area contributed by atoms with Crippen molar-refractivity contribution in [2.75, 3.05) is 6.61 Å². The lowest BCUT2D eigenvalue weighted by Crippen LogP contribution is -2.44. The van der Waals surface area contributed by atoms with Gasteiger partial charge in [-0.15, -0.1) is 0 Å². The number of rotatable bonds is 5. The van der Waals surface area contributed by atoms with Crippen LogP contribution >= 0.6 is 11.6 Å². The van der Waals surface area contributed by atoms with Crippen LogP contribution in [0.3, 0.4) is 0 Å². The predicted molar refractivity (Wildman–Crippen MR) is 99.1 cm³/mol. The number of halogens is 1. The number of carbonyl (C=O) groups excluding carboxylic acids is 3. The van der Waals surface area contributed by atoms with Gasteiger partial charge in [0.1, 0.15) is 5.65 Å². The fraction of sp³-hybridized carbons (Fsp3) is 0.333. The predicted octanol–water partition coefficient (Wildman–Crippen LogP) is 2.31. The van der Waals surface area contributed by atoms with Crippen LogP contribution in [0.25, 0.3) is 11.7 Å². The third kappa shape index (κ3) is 5.07. The van der Waals surface area contributed by atoms with E-state index in [4.69, 9.17) is 16.3 Å². The van der Waals surface area contributed by atoms with Crippen LogP contribution in [-0.2, 0) is 14.3 Å². The minimum atomic E-state index is -0.733. The van der Waals surface area contributed by atoms with Gasteiger partial charge in [0.15, 0.2) is 11.8 Å². The Kier molecular flexibility index (Phi) is 6.08. The van der Waals surface area contributed by atoms with Crippen LogP contribution in [0.5, 0.6) is 0 Å². The van der Waals surface area contributed by atoms with Crippen molar-refractivity contribution in [2.24, 2.45) is 0 Å². The molecule has 3 rings (SSSR count). The van der Waals surface area contributed by atoms with Gasteiger partial charge in [0.05, 0.1) is 5.69 Å². The zero-order chi connectivity index (χ0) is 19.2. The number of aromatic nitrogens is 2. The van der Waals surface area contributed by atoms with Crippen LogP contribution in [0.4, 0.5) is 4.79 Å². The number of urea groups is 1. The van der Waals surface area contributed by atoms with E-state index in [0.29, 0.717) is 11.3 Å². The van der Waals surface area contributed by atoms with E-state index in [1.54, 1.807) is 16.7 Å². The monoisotopic (exact) mass is 390 g/mol. The molecule has 0 bridgehead atoms. The molecule has 0 unspecified atom stereocenters. The molecule has 0 spiro atoms. The summed E-state index contributed by atoms with van der Waals surface area (Å²) in [6.45, 7) is -0.553. The van der Waals surface area contributed by atoms with Gasteiger partial charge in [-0.3, -0.25) is 14.5 Å². The second-order valence-electron chi connectivity index (χ2n) is 6.16. The van der Waals surface area contributed by atoms with Crippen molar-refractivity contribution in [2.45, 2.75) is 31.7 Å². The van der Waals surface area contributed by atoms with E-state index in [2.05, 4.69) is 15.6 Å². The summed E-state index contributed by atoms with van der Waals surface area (Å²) >= 11 is 6.06. The molecule has 9 heteroatoms. The fourth-order valence-corrected chi connectivity index (χ4v) is 3.16. The maximum Gasteiger partial charge on any atom is 0.331 e. The maximum atomic E-state index is 11.8. The summed E-state index contributed by atoms with van der Waals surface area (Å²) in [4.78, 5) is 39.3. The minimum Gasteiger partial charge on any atom is -0.452 e. The van der Waals surface area contributed by atoms with Crippen LogP contribution in [0, 0.1) is 0 Å². The fourth-order valence-electron chi connectivity index (χ4n) is 2.92. The molecule has 1 aliphatic carbocycles. The molecule has 0 atom stereocenters. The number of esters is 1. The summed E-state index contributed by atoms with van der Waals surface area (Å²) < 4.78 is 6.55. The number of amides is 3. The lowest BCUT2D eigenvalue weighted by Gasteiger charge is -2.12. The van der Waals surface area contributed by atoms with Gasteiger partial charge in [-0.2, -0.15) is 0 Å². The second-order valence-corrected chi connectivity index (χ2v) is 6.52. The van der Waals surface area contributed by atoms with E-state index in [0.717, 1.165) is 31.8 Å². The van der Waals surface area contributed by atoms with Crippen molar-refractivity contribution in [1.29, 1.82) is 0 Å². The Morgan fingerprint density at radius 2 is 2.07 bits per heavy atom.